The molecule has 2 aliphatic rings. The molecule has 8 heteroatoms. The van der Waals surface area contributed by atoms with Crippen molar-refractivity contribution >= 4 is 17.6 Å². The molecule has 2 aromatic carbocycles. The summed E-state index contributed by atoms with van der Waals surface area (Å²) < 4.78 is 36.4. The number of carboxylic acids is 1. The van der Waals surface area contributed by atoms with Crippen molar-refractivity contribution in [2.24, 2.45) is 5.73 Å². The van der Waals surface area contributed by atoms with Crippen LogP contribution in [0.2, 0.25) is 0 Å². The minimum absolute atomic E-state index is 0.0691. The van der Waals surface area contributed by atoms with Gasteiger partial charge in [0.05, 0.1) is 18.2 Å². The maximum absolute atomic E-state index is 15.4. The standard InChI is InChI=1S/C29H32F2N2O4/c1-14-7-9-17(10-8-14)21-15(2)22-24-18(19(30)11-12-20(24)31)13-33(28(32)36)25(22)16(3)23(21)26(27(34)35)37-29(4,5)6/h7-12,22,25-26H,13H2,1-6H3,(H2,32,36)(H,34,35)/t22?,25?,26-/m0/s1. The number of aryl methyl sites for hydroxylation is 1. The predicted molar refractivity (Wildman–Crippen MR) is 137 cm³/mol. The molecule has 2 amide bonds. The number of fused-ring (bicyclic) bond motifs is 3. The summed E-state index contributed by atoms with van der Waals surface area (Å²) in [4.78, 5) is 26.6. The highest BCUT2D eigenvalue weighted by Crippen LogP contribution is 2.52. The van der Waals surface area contributed by atoms with E-state index in [1.54, 1.807) is 34.6 Å². The maximum atomic E-state index is 15.4. The number of rotatable bonds is 4. The summed E-state index contributed by atoms with van der Waals surface area (Å²) >= 11 is 0. The summed E-state index contributed by atoms with van der Waals surface area (Å²) in [7, 11) is 0. The van der Waals surface area contributed by atoms with Crippen molar-refractivity contribution in [2.75, 3.05) is 0 Å². The van der Waals surface area contributed by atoms with Crippen LogP contribution in [0.15, 0.2) is 53.1 Å². The normalized spacial score (nSPS) is 20.5. The topological polar surface area (TPSA) is 92.9 Å². The van der Waals surface area contributed by atoms with Crippen molar-refractivity contribution in [3.8, 4) is 0 Å². The number of nitrogens with two attached hydrogens (primary N) is 1. The van der Waals surface area contributed by atoms with E-state index in [-0.39, 0.29) is 17.7 Å². The summed E-state index contributed by atoms with van der Waals surface area (Å²) in [5, 5.41) is 10.3. The maximum Gasteiger partial charge on any atom is 0.337 e. The summed E-state index contributed by atoms with van der Waals surface area (Å²) in [5.74, 6) is -3.18. The fraction of sp³-hybridized carbons (Fsp3) is 0.379. The second kappa shape index (κ2) is 9.41. The third-order valence-corrected chi connectivity index (χ3v) is 7.12. The van der Waals surface area contributed by atoms with Crippen LogP contribution in [0, 0.1) is 18.6 Å². The molecule has 2 unspecified atom stereocenters. The number of amides is 2. The highest BCUT2D eigenvalue weighted by Gasteiger charge is 2.48. The minimum Gasteiger partial charge on any atom is -0.479 e. The molecule has 3 N–H and O–H groups in total. The second-order valence-electron chi connectivity index (χ2n) is 10.8. The molecule has 1 aliphatic carbocycles. The molecule has 0 bridgehead atoms. The lowest BCUT2D eigenvalue weighted by atomic mass is 9.67. The van der Waals surface area contributed by atoms with Gasteiger partial charge in [-0.05, 0) is 70.4 Å². The number of urea groups is 1. The fourth-order valence-electron chi connectivity index (χ4n) is 5.62. The number of nitrogens with zero attached hydrogens (tertiary/aromatic N) is 1. The monoisotopic (exact) mass is 510 g/mol. The number of ether oxygens (including phenoxy) is 1. The first-order valence-corrected chi connectivity index (χ1v) is 12.1. The SMILES string of the molecule is CC1=C(c2ccc(C)cc2)C([C@H](OC(C)(C)C)C(=O)O)=C(C)C2C1c1c(F)ccc(F)c1CN2C(N)=O. The smallest absolute Gasteiger partial charge is 0.337 e. The van der Waals surface area contributed by atoms with Crippen molar-refractivity contribution in [1.29, 1.82) is 0 Å². The first-order valence-electron chi connectivity index (χ1n) is 12.1. The quantitative estimate of drug-likeness (QED) is 0.553. The van der Waals surface area contributed by atoms with E-state index in [1.807, 2.05) is 31.2 Å². The summed E-state index contributed by atoms with van der Waals surface area (Å²) in [6.45, 7) is 10.5. The second-order valence-corrected chi connectivity index (χ2v) is 10.8. The number of hydrogen-bond donors (Lipinski definition) is 2. The van der Waals surface area contributed by atoms with E-state index in [0.29, 0.717) is 27.9 Å². The third kappa shape index (κ3) is 4.66. The molecule has 4 rings (SSSR count). The van der Waals surface area contributed by atoms with Gasteiger partial charge in [0.2, 0.25) is 0 Å². The molecule has 6 nitrogen and oxygen atoms in total. The van der Waals surface area contributed by atoms with E-state index in [1.165, 1.54) is 4.90 Å². The van der Waals surface area contributed by atoms with E-state index < -0.39 is 47.3 Å². The minimum atomic E-state index is -1.37. The predicted octanol–water partition coefficient (Wildman–Crippen LogP) is 5.69. The van der Waals surface area contributed by atoms with Crippen LogP contribution in [0.5, 0.6) is 0 Å². The summed E-state index contributed by atoms with van der Waals surface area (Å²) in [6.07, 6.45) is -1.37. The molecule has 0 fully saturated rings. The highest BCUT2D eigenvalue weighted by molar-refractivity contribution is 5.93. The number of carboxylic acid groups (broad SMARTS) is 1. The largest absolute Gasteiger partial charge is 0.479 e. The lowest BCUT2D eigenvalue weighted by Crippen LogP contribution is -2.52. The Morgan fingerprint density at radius 3 is 2.16 bits per heavy atom. The number of primary amides is 1. The molecule has 3 atom stereocenters. The van der Waals surface area contributed by atoms with Crippen molar-refractivity contribution in [3.05, 3.63) is 87.0 Å². The van der Waals surface area contributed by atoms with Gasteiger partial charge in [0.1, 0.15) is 11.6 Å². The van der Waals surface area contributed by atoms with Gasteiger partial charge in [-0.3, -0.25) is 0 Å². The number of carbonyl (C=O) groups is 2. The van der Waals surface area contributed by atoms with Crippen LogP contribution in [-0.2, 0) is 16.1 Å². The molecular weight excluding hydrogens is 478 g/mol. The van der Waals surface area contributed by atoms with Gasteiger partial charge in [0.25, 0.3) is 0 Å². The molecule has 37 heavy (non-hydrogen) atoms. The molecule has 0 saturated carbocycles. The van der Waals surface area contributed by atoms with Crippen molar-refractivity contribution in [3.63, 3.8) is 0 Å². The Hall–Kier alpha value is -3.52. The van der Waals surface area contributed by atoms with Gasteiger partial charge < -0.3 is 20.5 Å². The Morgan fingerprint density at radius 2 is 1.62 bits per heavy atom. The zero-order valence-electron chi connectivity index (χ0n) is 21.9. The Balaban J connectivity index is 2.10. The van der Waals surface area contributed by atoms with Gasteiger partial charge in [-0.1, -0.05) is 35.4 Å². The molecule has 1 heterocycles. The summed E-state index contributed by atoms with van der Waals surface area (Å²) in [5.41, 5.74) is 8.98. The van der Waals surface area contributed by atoms with Crippen LogP contribution < -0.4 is 5.73 Å². The average Bonchev–Trinajstić information content (AvgIpc) is 2.81. The zero-order valence-corrected chi connectivity index (χ0v) is 21.9. The zero-order chi connectivity index (χ0) is 27.4. The lowest BCUT2D eigenvalue weighted by molar-refractivity contribution is -0.155. The molecule has 196 valence electrons. The lowest BCUT2D eigenvalue weighted by Gasteiger charge is -2.47. The molecular formula is C29H32F2N2O4. The highest BCUT2D eigenvalue weighted by atomic mass is 19.1. The first kappa shape index (κ1) is 26.5. The third-order valence-electron chi connectivity index (χ3n) is 7.12. The van der Waals surface area contributed by atoms with E-state index in [0.717, 1.165) is 17.7 Å². The van der Waals surface area contributed by atoms with Crippen molar-refractivity contribution in [1.82, 2.24) is 4.90 Å². The number of benzene rings is 2. The number of carbonyl (C=O) groups excluding carboxylic acids is 1. The number of halogens is 2. The fourth-order valence-corrected chi connectivity index (χ4v) is 5.62. The van der Waals surface area contributed by atoms with Crippen LogP contribution in [0.1, 0.15) is 62.8 Å². The van der Waals surface area contributed by atoms with Crippen molar-refractivity contribution < 1.29 is 28.2 Å². The van der Waals surface area contributed by atoms with Crippen LogP contribution in [-0.4, -0.2) is 39.8 Å². The molecule has 1 aliphatic heterocycles. The Bertz CT molecular complexity index is 1340. The Kier molecular flexibility index (Phi) is 6.75. The van der Waals surface area contributed by atoms with Crippen LogP contribution in [0.3, 0.4) is 0 Å². The van der Waals surface area contributed by atoms with E-state index >= 15 is 4.39 Å². The molecule has 2 aromatic rings. The van der Waals surface area contributed by atoms with Gasteiger partial charge in [-0.2, -0.15) is 0 Å². The number of aliphatic carboxylic acids is 1. The van der Waals surface area contributed by atoms with Crippen molar-refractivity contribution in [2.45, 2.75) is 71.8 Å². The average molecular weight is 511 g/mol. The summed E-state index contributed by atoms with van der Waals surface area (Å²) in [6, 6.07) is 8.06. The van der Waals surface area contributed by atoms with E-state index in [4.69, 9.17) is 10.5 Å². The van der Waals surface area contributed by atoms with Crippen LogP contribution in [0.25, 0.3) is 5.57 Å². The van der Waals surface area contributed by atoms with E-state index in [9.17, 15) is 19.1 Å². The number of hydrogen-bond acceptors (Lipinski definition) is 3. The van der Waals surface area contributed by atoms with Gasteiger partial charge in [-0.15, -0.1) is 0 Å². The van der Waals surface area contributed by atoms with Gasteiger partial charge in [-0.25, -0.2) is 18.4 Å². The molecule has 0 aromatic heterocycles. The first-order chi connectivity index (χ1) is 17.2. The van der Waals surface area contributed by atoms with Gasteiger partial charge in [0, 0.05) is 22.6 Å². The van der Waals surface area contributed by atoms with Crippen LogP contribution >= 0.6 is 0 Å². The van der Waals surface area contributed by atoms with Gasteiger partial charge >= 0.3 is 12.0 Å². The Morgan fingerprint density at radius 1 is 1.03 bits per heavy atom. The Labute approximate surface area is 215 Å². The van der Waals surface area contributed by atoms with Crippen LogP contribution in [0.4, 0.5) is 13.6 Å². The van der Waals surface area contributed by atoms with Gasteiger partial charge in [0.15, 0.2) is 6.10 Å². The molecule has 0 spiro atoms. The molecule has 0 saturated heterocycles. The van der Waals surface area contributed by atoms with E-state index in [2.05, 4.69) is 0 Å². The molecule has 0 radical (unpaired) electrons.